The Bertz CT molecular complexity index is 1240. The van der Waals surface area contributed by atoms with Gasteiger partial charge < -0.3 is 20.5 Å². The van der Waals surface area contributed by atoms with Crippen molar-refractivity contribution in [1.29, 1.82) is 0 Å². The number of nitrogens with one attached hydrogen (secondary N) is 1. The van der Waals surface area contributed by atoms with Crippen LogP contribution in [-0.2, 0) is 20.7 Å². The molecule has 9 nitrogen and oxygen atoms in total. The molecule has 36 heavy (non-hydrogen) atoms. The van der Waals surface area contributed by atoms with E-state index in [0.717, 1.165) is 22.3 Å². The topological polar surface area (TPSA) is 134 Å². The maximum atomic E-state index is 12.9. The van der Waals surface area contributed by atoms with Gasteiger partial charge in [0.05, 0.1) is 0 Å². The molecular weight excluding hydrogens is 460 g/mol. The number of aromatic nitrogens is 2. The number of nitrogens with two attached hydrogens (primary N) is 1. The molecule has 1 aromatic heterocycles. The summed E-state index contributed by atoms with van der Waals surface area (Å²) < 4.78 is 11.1. The van der Waals surface area contributed by atoms with Gasteiger partial charge in [-0.05, 0) is 48.6 Å². The second kappa shape index (κ2) is 10.2. The second-order valence-corrected chi connectivity index (χ2v) is 9.54. The van der Waals surface area contributed by atoms with Gasteiger partial charge in [0.15, 0.2) is 0 Å². The number of hydrogen-bond acceptors (Lipinski definition) is 7. The third-order valence-electron chi connectivity index (χ3n) is 5.69. The summed E-state index contributed by atoms with van der Waals surface area (Å²) in [6.07, 6.45) is 2.05. The van der Waals surface area contributed by atoms with E-state index >= 15 is 0 Å². The van der Waals surface area contributed by atoms with Gasteiger partial charge in [-0.15, -0.1) is 0 Å². The number of esters is 1. The van der Waals surface area contributed by atoms with Crippen molar-refractivity contribution in [2.45, 2.75) is 44.8 Å². The van der Waals surface area contributed by atoms with Crippen molar-refractivity contribution in [3.63, 3.8) is 0 Å². The van der Waals surface area contributed by atoms with E-state index in [4.69, 9.17) is 15.2 Å². The van der Waals surface area contributed by atoms with Gasteiger partial charge in [0, 0.05) is 24.7 Å². The van der Waals surface area contributed by atoms with Crippen LogP contribution in [0.2, 0.25) is 0 Å². The Hall–Kier alpha value is -4.27. The van der Waals surface area contributed by atoms with E-state index in [1.807, 2.05) is 36.4 Å². The number of ether oxygens (including phenoxy) is 2. The summed E-state index contributed by atoms with van der Waals surface area (Å²) in [5.41, 5.74) is 9.34. The number of rotatable bonds is 7. The summed E-state index contributed by atoms with van der Waals surface area (Å²) in [6, 6.07) is 15.0. The smallest absolute Gasteiger partial charge is 0.407 e. The van der Waals surface area contributed by atoms with E-state index in [-0.39, 0.29) is 24.8 Å². The van der Waals surface area contributed by atoms with Crippen LogP contribution in [0, 0.1) is 0 Å². The number of carbonyl (C=O) groups is 3. The Labute approximate surface area is 209 Å². The van der Waals surface area contributed by atoms with Crippen LogP contribution in [-0.4, -0.2) is 46.2 Å². The van der Waals surface area contributed by atoms with Gasteiger partial charge in [0.1, 0.15) is 18.2 Å². The molecule has 1 aliphatic carbocycles. The SMILES string of the molecule is CC(C)(C)OC(=O)[C@H](Cc1cnc(C(N)=O)nc1)NC(=O)OCC1c2ccccc2-c2ccccc21. The van der Waals surface area contributed by atoms with Crippen molar-refractivity contribution in [1.82, 2.24) is 15.3 Å². The minimum absolute atomic E-state index is 0.0398. The van der Waals surface area contributed by atoms with Gasteiger partial charge in [0.25, 0.3) is 5.91 Å². The first-order valence-corrected chi connectivity index (χ1v) is 11.6. The Morgan fingerprint density at radius 1 is 0.972 bits per heavy atom. The maximum absolute atomic E-state index is 12.9. The van der Waals surface area contributed by atoms with Gasteiger partial charge in [-0.25, -0.2) is 19.6 Å². The zero-order valence-corrected chi connectivity index (χ0v) is 20.4. The van der Waals surface area contributed by atoms with Crippen LogP contribution in [0.1, 0.15) is 54.0 Å². The number of fused-ring (bicyclic) bond motifs is 3. The third-order valence-corrected chi connectivity index (χ3v) is 5.69. The molecule has 3 N–H and O–H groups in total. The highest BCUT2D eigenvalue weighted by Gasteiger charge is 2.31. The largest absolute Gasteiger partial charge is 0.458 e. The van der Waals surface area contributed by atoms with Crippen molar-refractivity contribution in [3.8, 4) is 11.1 Å². The molecule has 0 bridgehead atoms. The minimum atomic E-state index is -1.05. The first-order chi connectivity index (χ1) is 17.1. The van der Waals surface area contributed by atoms with Crippen molar-refractivity contribution >= 4 is 18.0 Å². The number of carbonyl (C=O) groups excluding carboxylic acids is 3. The normalized spacial score (nSPS) is 13.3. The van der Waals surface area contributed by atoms with Gasteiger partial charge >= 0.3 is 12.1 Å². The molecule has 9 heteroatoms. The fourth-order valence-corrected chi connectivity index (χ4v) is 4.17. The summed E-state index contributed by atoms with van der Waals surface area (Å²) in [4.78, 5) is 44.7. The van der Waals surface area contributed by atoms with E-state index in [0.29, 0.717) is 5.56 Å². The number of primary amides is 1. The van der Waals surface area contributed by atoms with E-state index in [2.05, 4.69) is 27.4 Å². The summed E-state index contributed by atoms with van der Waals surface area (Å²) >= 11 is 0. The Morgan fingerprint density at radius 2 is 1.53 bits per heavy atom. The standard InChI is InChI=1S/C27H28N4O5/c1-27(2,3)36-25(33)22(12-16-13-29-24(23(28)32)30-14-16)31-26(34)35-15-21-19-10-6-4-8-17(19)18-9-5-7-11-20(18)21/h4-11,13-14,21-22H,12,15H2,1-3H3,(H2,28,32)(H,31,34)/t22-/m0/s1. The van der Waals surface area contributed by atoms with Gasteiger partial charge in [-0.1, -0.05) is 48.5 Å². The average Bonchev–Trinajstić information content (AvgIpc) is 3.15. The third kappa shape index (κ3) is 5.68. The zero-order valence-electron chi connectivity index (χ0n) is 20.4. The highest BCUT2D eigenvalue weighted by molar-refractivity contribution is 5.88. The molecule has 186 valence electrons. The van der Waals surface area contributed by atoms with Crippen molar-refractivity contribution < 1.29 is 23.9 Å². The molecule has 4 rings (SSSR count). The molecule has 1 atom stereocenters. The first-order valence-electron chi connectivity index (χ1n) is 11.6. The molecular formula is C27H28N4O5. The number of alkyl carbamates (subject to hydrolysis) is 1. The fraction of sp³-hybridized carbons (Fsp3) is 0.296. The van der Waals surface area contributed by atoms with E-state index in [9.17, 15) is 14.4 Å². The van der Waals surface area contributed by atoms with Crippen LogP contribution >= 0.6 is 0 Å². The molecule has 0 spiro atoms. The van der Waals surface area contributed by atoms with Crippen molar-refractivity contribution in [2.24, 2.45) is 5.73 Å². The van der Waals surface area contributed by atoms with Gasteiger partial charge in [-0.2, -0.15) is 0 Å². The quantitative estimate of drug-likeness (QED) is 0.487. The van der Waals surface area contributed by atoms with Crippen LogP contribution in [0.25, 0.3) is 11.1 Å². The van der Waals surface area contributed by atoms with Gasteiger partial charge in [0.2, 0.25) is 5.82 Å². The molecule has 2 aromatic carbocycles. The van der Waals surface area contributed by atoms with E-state index < -0.39 is 29.6 Å². The molecule has 0 radical (unpaired) electrons. The van der Waals surface area contributed by atoms with Crippen LogP contribution in [0.3, 0.4) is 0 Å². The lowest BCUT2D eigenvalue weighted by Crippen LogP contribution is -2.46. The second-order valence-electron chi connectivity index (χ2n) is 9.54. The molecule has 0 aliphatic heterocycles. The summed E-state index contributed by atoms with van der Waals surface area (Å²) in [6.45, 7) is 5.32. The van der Waals surface area contributed by atoms with Crippen LogP contribution in [0.15, 0.2) is 60.9 Å². The first kappa shape index (κ1) is 24.8. The Balaban J connectivity index is 1.47. The van der Waals surface area contributed by atoms with E-state index in [1.165, 1.54) is 12.4 Å². The number of nitrogens with zero attached hydrogens (tertiary/aromatic N) is 2. The predicted octanol–water partition coefficient (Wildman–Crippen LogP) is 3.37. The van der Waals surface area contributed by atoms with Crippen molar-refractivity contribution in [2.75, 3.05) is 6.61 Å². The monoisotopic (exact) mass is 488 g/mol. The lowest BCUT2D eigenvalue weighted by atomic mass is 9.98. The van der Waals surface area contributed by atoms with Crippen LogP contribution in [0.4, 0.5) is 4.79 Å². The molecule has 0 saturated carbocycles. The van der Waals surface area contributed by atoms with E-state index in [1.54, 1.807) is 20.8 Å². The maximum Gasteiger partial charge on any atom is 0.407 e. The summed E-state index contributed by atoms with van der Waals surface area (Å²) in [7, 11) is 0. The predicted molar refractivity (Wildman–Crippen MR) is 132 cm³/mol. The molecule has 2 amide bonds. The highest BCUT2D eigenvalue weighted by atomic mass is 16.6. The number of hydrogen-bond donors (Lipinski definition) is 2. The molecule has 0 unspecified atom stereocenters. The highest BCUT2D eigenvalue weighted by Crippen LogP contribution is 2.44. The number of amides is 2. The van der Waals surface area contributed by atoms with Gasteiger partial charge in [-0.3, -0.25) is 4.79 Å². The fourth-order valence-electron chi connectivity index (χ4n) is 4.17. The number of benzene rings is 2. The zero-order chi connectivity index (χ0) is 25.9. The van der Waals surface area contributed by atoms with Crippen molar-refractivity contribution in [3.05, 3.63) is 83.4 Å². The van der Waals surface area contributed by atoms with Crippen LogP contribution < -0.4 is 11.1 Å². The Kier molecular flexibility index (Phi) is 7.00. The summed E-state index contributed by atoms with van der Waals surface area (Å²) in [5, 5.41) is 2.61. The lowest BCUT2D eigenvalue weighted by Gasteiger charge is -2.24. The minimum Gasteiger partial charge on any atom is -0.458 e. The van der Waals surface area contributed by atoms with Crippen LogP contribution in [0.5, 0.6) is 0 Å². The average molecular weight is 489 g/mol. The molecule has 0 saturated heterocycles. The molecule has 0 fully saturated rings. The molecule has 1 heterocycles. The Morgan fingerprint density at radius 3 is 2.06 bits per heavy atom. The summed E-state index contributed by atoms with van der Waals surface area (Å²) in [5.74, 6) is -1.65. The lowest BCUT2D eigenvalue weighted by molar-refractivity contribution is -0.157. The molecule has 1 aliphatic rings. The molecule has 3 aromatic rings.